The van der Waals surface area contributed by atoms with Crippen LogP contribution in [-0.2, 0) is 36.9 Å². The lowest BCUT2D eigenvalue weighted by Crippen LogP contribution is -2.41. The Morgan fingerprint density at radius 2 is 1.42 bits per heavy atom. The van der Waals surface area contributed by atoms with Crippen LogP contribution in [-0.4, -0.2) is 92.2 Å². The molecule has 0 aliphatic carbocycles. The van der Waals surface area contributed by atoms with Gasteiger partial charge in [-0.25, -0.2) is 18.8 Å². The van der Waals surface area contributed by atoms with Crippen LogP contribution in [0.5, 0.6) is 5.75 Å². The monoisotopic (exact) mass is 811 g/mol. The van der Waals surface area contributed by atoms with Crippen LogP contribution in [0.15, 0.2) is 60.7 Å². The molecule has 0 radical (unpaired) electrons. The molecular weight excluding hydrogens is 779 g/mol. The molecule has 2 aromatic carbocycles. The zero-order valence-electron chi connectivity index (χ0n) is 28.2. The van der Waals surface area contributed by atoms with Crippen LogP contribution in [0.2, 0.25) is 0 Å². The second kappa shape index (κ2) is 21.1. The first-order chi connectivity index (χ1) is 25.3. The summed E-state index contributed by atoms with van der Waals surface area (Å²) in [4.78, 5) is 69.2. The number of rotatable bonds is 15. The number of nitrogens with zero attached hydrogens (tertiary/aromatic N) is 1. The summed E-state index contributed by atoms with van der Waals surface area (Å²) in [6.45, 7) is 0.246. The summed E-state index contributed by atoms with van der Waals surface area (Å²) in [6, 6.07) is 15.3. The minimum absolute atomic E-state index is 0.153. The van der Waals surface area contributed by atoms with Crippen LogP contribution in [0.3, 0.4) is 0 Å². The molecule has 0 fully saturated rings. The van der Waals surface area contributed by atoms with Gasteiger partial charge in [0, 0.05) is 29.8 Å². The maximum atomic E-state index is 14.3. The summed E-state index contributed by atoms with van der Waals surface area (Å²) in [7, 11) is 1.71. The SMILES string of the molecule is CN(Cc1ccc(C(=O)Oc2ccc(C(=N)N)cc2F)s1)[C@@H](Cc1ccccc1)C(=O)C[C@@H](CCC(=O)O)C(=O)O.O=C(O)C(F)(F)F.O=C(O)C(F)(F)F. The molecule has 0 amide bonds. The molecule has 22 heteroatoms. The number of likely N-dealkylation sites (N-methyl/N-ethyl adjacent to an activating group) is 1. The average molecular weight is 812 g/mol. The molecule has 14 nitrogen and oxygen atoms in total. The molecule has 0 aliphatic heterocycles. The predicted octanol–water partition coefficient (Wildman–Crippen LogP) is 5.22. The van der Waals surface area contributed by atoms with Gasteiger partial charge in [0.1, 0.15) is 10.7 Å². The maximum absolute atomic E-state index is 14.3. The van der Waals surface area contributed by atoms with E-state index in [-0.39, 0.29) is 53.6 Å². The zero-order chi connectivity index (χ0) is 42.3. The van der Waals surface area contributed by atoms with Gasteiger partial charge in [-0.2, -0.15) is 26.3 Å². The van der Waals surface area contributed by atoms with Crippen LogP contribution < -0.4 is 10.5 Å². The molecule has 300 valence electrons. The molecule has 3 rings (SSSR count). The highest BCUT2D eigenvalue weighted by molar-refractivity contribution is 7.13. The van der Waals surface area contributed by atoms with E-state index >= 15 is 0 Å². The fourth-order valence-corrected chi connectivity index (χ4v) is 5.12. The first-order valence-electron chi connectivity index (χ1n) is 15.1. The number of ketones is 1. The van der Waals surface area contributed by atoms with E-state index in [1.54, 1.807) is 18.0 Å². The number of thiophene rings is 1. The fourth-order valence-electron chi connectivity index (χ4n) is 4.17. The summed E-state index contributed by atoms with van der Waals surface area (Å²) in [6.07, 6.45) is -10.7. The number of carboxylic acid groups (broad SMARTS) is 4. The number of hydrogen-bond donors (Lipinski definition) is 6. The smallest absolute Gasteiger partial charge is 0.481 e. The normalized spacial score (nSPS) is 12.2. The van der Waals surface area contributed by atoms with E-state index in [9.17, 15) is 55.0 Å². The van der Waals surface area contributed by atoms with Gasteiger partial charge >= 0.3 is 42.2 Å². The largest absolute Gasteiger partial charge is 0.490 e. The van der Waals surface area contributed by atoms with Gasteiger partial charge in [0.05, 0.1) is 12.0 Å². The van der Waals surface area contributed by atoms with Gasteiger partial charge in [-0.3, -0.25) is 24.7 Å². The Morgan fingerprint density at radius 3 is 1.87 bits per heavy atom. The Kier molecular flexibility index (Phi) is 18.1. The molecule has 0 aliphatic rings. The Labute approximate surface area is 310 Å². The van der Waals surface area contributed by atoms with Crippen molar-refractivity contribution in [3.63, 3.8) is 0 Å². The minimum Gasteiger partial charge on any atom is -0.481 e. The number of aliphatic carboxylic acids is 4. The predicted molar refractivity (Wildman–Crippen MR) is 177 cm³/mol. The van der Waals surface area contributed by atoms with Gasteiger partial charge in [-0.05, 0) is 55.8 Å². The summed E-state index contributed by atoms with van der Waals surface area (Å²) >= 11 is 1.10. The summed E-state index contributed by atoms with van der Waals surface area (Å²) in [5, 5.41) is 40.1. The van der Waals surface area contributed by atoms with Crippen molar-refractivity contribution < 1.29 is 84.7 Å². The highest BCUT2D eigenvalue weighted by Gasteiger charge is 2.39. The van der Waals surface area contributed by atoms with Crippen molar-refractivity contribution in [3.8, 4) is 5.75 Å². The molecule has 1 heterocycles. The van der Waals surface area contributed by atoms with Crippen molar-refractivity contribution in [2.24, 2.45) is 11.7 Å². The quantitative estimate of drug-likeness (QED) is 0.0379. The third-order valence-corrected chi connectivity index (χ3v) is 7.93. The van der Waals surface area contributed by atoms with E-state index in [0.717, 1.165) is 23.0 Å². The lowest BCUT2D eigenvalue weighted by Gasteiger charge is -2.28. The number of nitrogens with two attached hydrogens (primary N) is 1. The molecule has 1 aromatic heterocycles. The van der Waals surface area contributed by atoms with E-state index in [1.165, 1.54) is 18.2 Å². The molecule has 7 N–H and O–H groups in total. The fraction of sp³-hybridized carbons (Fsp3) is 0.303. The number of nitrogens with one attached hydrogen (secondary N) is 1. The standard InChI is InChI=1S/C29H30FN3O7S.2C2HF3O2/c1-33(16-20-9-11-25(41-20)29(39)40-24-10-7-18(27(31)32)14-21(24)30)22(13-17-5-3-2-4-6-17)23(34)15-19(28(37)38)8-12-26(35)36;2*3-2(4,5)1(6)7/h2-7,9-11,14,19,22H,8,12-13,15-16H2,1H3,(H3,31,32)(H,35,36)(H,37,38);2*(H,6,7)/t19-,22+;;/m1../s1. The Balaban J connectivity index is 0.000000913. The zero-order valence-corrected chi connectivity index (χ0v) is 29.0. The number of carbonyl (C=O) groups excluding carboxylic acids is 2. The highest BCUT2D eigenvalue weighted by atomic mass is 32.1. The van der Waals surface area contributed by atoms with Crippen LogP contribution in [0.25, 0.3) is 0 Å². The molecule has 0 saturated heterocycles. The third kappa shape index (κ3) is 17.2. The molecule has 0 bridgehead atoms. The summed E-state index contributed by atoms with van der Waals surface area (Å²) in [5.74, 6) is -11.6. The van der Waals surface area contributed by atoms with Crippen LogP contribution in [0, 0.1) is 17.1 Å². The number of amidine groups is 1. The minimum atomic E-state index is -5.08. The lowest BCUT2D eigenvalue weighted by atomic mass is 9.91. The number of esters is 1. The van der Waals surface area contributed by atoms with Crippen molar-refractivity contribution in [2.45, 2.75) is 50.6 Å². The highest BCUT2D eigenvalue weighted by Crippen LogP contribution is 2.25. The summed E-state index contributed by atoms with van der Waals surface area (Å²) in [5.41, 5.74) is 6.37. The number of ether oxygens (including phenoxy) is 1. The van der Waals surface area contributed by atoms with Gasteiger partial charge in [0.15, 0.2) is 17.3 Å². The van der Waals surface area contributed by atoms with Crippen LogP contribution >= 0.6 is 11.3 Å². The number of hydrogen-bond acceptors (Lipinski definition) is 10. The van der Waals surface area contributed by atoms with Crippen molar-refractivity contribution in [2.75, 3.05) is 7.05 Å². The van der Waals surface area contributed by atoms with Crippen LogP contribution in [0.4, 0.5) is 30.7 Å². The molecule has 0 spiro atoms. The number of carbonyl (C=O) groups is 6. The Bertz CT molecular complexity index is 1810. The average Bonchev–Trinajstić information content (AvgIpc) is 3.54. The number of benzene rings is 2. The number of carboxylic acids is 4. The molecule has 0 unspecified atom stereocenters. The summed E-state index contributed by atoms with van der Waals surface area (Å²) < 4.78 is 83.0. The van der Waals surface area contributed by atoms with Gasteiger partial charge in [-0.15, -0.1) is 11.3 Å². The molecule has 2 atom stereocenters. The first kappa shape index (κ1) is 47.1. The van der Waals surface area contributed by atoms with Gasteiger partial charge in [0.25, 0.3) is 0 Å². The van der Waals surface area contributed by atoms with Crippen molar-refractivity contribution in [3.05, 3.63) is 87.4 Å². The van der Waals surface area contributed by atoms with E-state index in [1.807, 2.05) is 30.3 Å². The second-order valence-electron chi connectivity index (χ2n) is 11.1. The van der Waals surface area contributed by atoms with Crippen molar-refractivity contribution >= 4 is 52.8 Å². The van der Waals surface area contributed by atoms with Crippen LogP contribution in [0.1, 0.15) is 44.9 Å². The molecule has 55 heavy (non-hydrogen) atoms. The topological polar surface area (TPSA) is 246 Å². The molecule has 0 saturated carbocycles. The van der Waals surface area contributed by atoms with Crippen molar-refractivity contribution in [1.82, 2.24) is 4.90 Å². The second-order valence-corrected chi connectivity index (χ2v) is 12.2. The number of alkyl halides is 6. The van der Waals surface area contributed by atoms with Gasteiger partial charge < -0.3 is 30.9 Å². The van der Waals surface area contributed by atoms with E-state index in [4.69, 9.17) is 40.8 Å². The Hall–Kier alpha value is -5.90. The Morgan fingerprint density at radius 1 is 0.873 bits per heavy atom. The number of Topliss-reactive ketones (excluding diaryl/α,β-unsaturated/α-hetero) is 1. The van der Waals surface area contributed by atoms with Crippen molar-refractivity contribution in [1.29, 1.82) is 5.41 Å². The third-order valence-electron chi connectivity index (χ3n) is 6.88. The lowest BCUT2D eigenvalue weighted by molar-refractivity contribution is -0.193. The van der Waals surface area contributed by atoms with E-state index < -0.39 is 60.0 Å². The molecule has 3 aromatic rings. The number of halogens is 7. The molecular formula is C33H32F7N3O11S. The van der Waals surface area contributed by atoms with Gasteiger partial charge in [-0.1, -0.05) is 30.3 Å². The number of nitrogen functional groups attached to an aromatic ring is 1. The van der Waals surface area contributed by atoms with E-state index in [2.05, 4.69) is 0 Å². The van der Waals surface area contributed by atoms with E-state index in [0.29, 0.717) is 11.3 Å². The first-order valence-corrected chi connectivity index (χ1v) is 15.9. The van der Waals surface area contributed by atoms with Gasteiger partial charge in [0.2, 0.25) is 0 Å². The maximum Gasteiger partial charge on any atom is 0.490 e.